The molecule has 1 aliphatic carbocycles. The van der Waals surface area contributed by atoms with Gasteiger partial charge in [-0.3, -0.25) is 4.98 Å². The van der Waals surface area contributed by atoms with Gasteiger partial charge >= 0.3 is 0 Å². The number of amidine groups is 1. The van der Waals surface area contributed by atoms with E-state index in [-0.39, 0.29) is 12.1 Å². The van der Waals surface area contributed by atoms with Crippen LogP contribution in [0.2, 0.25) is 0 Å². The molecule has 2 atom stereocenters. The Morgan fingerprint density at radius 1 is 0.603 bits per heavy atom. The Kier molecular flexibility index (Phi) is 8.92. The molecular weight excluding hydrogens is 709 g/mol. The number of hydrogen-bond acceptors (Lipinski definition) is 6. The molecule has 278 valence electrons. The number of pyridine rings is 2. The molecule has 0 fully saturated rings. The second-order valence-corrected chi connectivity index (χ2v) is 14.7. The highest BCUT2D eigenvalue weighted by Gasteiger charge is 2.23. The summed E-state index contributed by atoms with van der Waals surface area (Å²) in [5.41, 5.74) is 21.6. The Morgan fingerprint density at radius 2 is 1.33 bits per heavy atom. The molecule has 0 spiro atoms. The minimum absolute atomic E-state index is 0.0369. The minimum Gasteiger partial charge on any atom is -0.396 e. The third-order valence-corrected chi connectivity index (χ3v) is 11.0. The number of hydrogen-bond donors (Lipinski definition) is 3. The van der Waals surface area contributed by atoms with Gasteiger partial charge in [0.05, 0.1) is 45.9 Å². The number of benzene rings is 5. The molecule has 2 unspecified atom stereocenters. The third-order valence-electron chi connectivity index (χ3n) is 11.0. The van der Waals surface area contributed by atoms with Gasteiger partial charge in [0.15, 0.2) is 0 Å². The smallest absolute Gasteiger partial charge is 0.134 e. The van der Waals surface area contributed by atoms with Crippen molar-refractivity contribution in [2.24, 2.45) is 4.99 Å². The lowest BCUT2D eigenvalue weighted by atomic mass is 9.90. The monoisotopic (exact) mass is 748 g/mol. The van der Waals surface area contributed by atoms with Gasteiger partial charge in [-0.15, -0.1) is 0 Å². The van der Waals surface area contributed by atoms with Gasteiger partial charge in [0.25, 0.3) is 0 Å². The summed E-state index contributed by atoms with van der Waals surface area (Å²) in [5.74, 6) is 0.832. The number of dihydropyridines is 1. The van der Waals surface area contributed by atoms with Gasteiger partial charge in [-0.1, -0.05) is 158 Å². The van der Waals surface area contributed by atoms with E-state index in [1.165, 1.54) is 11.1 Å². The first kappa shape index (κ1) is 34.9. The van der Waals surface area contributed by atoms with Crippen molar-refractivity contribution in [1.82, 2.24) is 20.6 Å². The van der Waals surface area contributed by atoms with Crippen molar-refractivity contribution in [1.29, 1.82) is 0 Å². The average molecular weight is 749 g/mol. The van der Waals surface area contributed by atoms with Crippen molar-refractivity contribution in [2.75, 3.05) is 5.73 Å². The summed E-state index contributed by atoms with van der Waals surface area (Å²) < 4.78 is 0. The van der Waals surface area contributed by atoms with Crippen molar-refractivity contribution in [3.63, 3.8) is 0 Å². The van der Waals surface area contributed by atoms with Crippen molar-refractivity contribution in [3.8, 4) is 11.3 Å². The van der Waals surface area contributed by atoms with E-state index in [0.717, 1.165) is 83.8 Å². The van der Waals surface area contributed by atoms with Crippen LogP contribution in [-0.4, -0.2) is 21.8 Å². The van der Waals surface area contributed by atoms with Gasteiger partial charge in [0, 0.05) is 27.6 Å². The lowest BCUT2D eigenvalue weighted by Crippen LogP contribution is -2.31. The molecule has 4 heterocycles. The highest BCUT2D eigenvalue weighted by Crippen LogP contribution is 2.33. The molecule has 58 heavy (non-hydrogen) atoms. The van der Waals surface area contributed by atoms with Gasteiger partial charge in [-0.2, -0.15) is 0 Å². The average Bonchev–Trinajstić information content (AvgIpc) is 3.29. The van der Waals surface area contributed by atoms with Gasteiger partial charge < -0.3 is 16.4 Å². The molecule has 2 aliphatic heterocycles. The number of anilines is 1. The van der Waals surface area contributed by atoms with Gasteiger partial charge in [0.1, 0.15) is 5.84 Å². The largest absolute Gasteiger partial charge is 0.396 e. The Hall–Kier alpha value is -7.57. The van der Waals surface area contributed by atoms with Crippen LogP contribution in [-0.2, 0) is 0 Å². The first-order valence-corrected chi connectivity index (χ1v) is 19.7. The second kappa shape index (κ2) is 14.8. The maximum atomic E-state index is 6.52. The zero-order valence-corrected chi connectivity index (χ0v) is 32.0. The number of nitrogen functional groups attached to an aromatic ring is 1. The van der Waals surface area contributed by atoms with E-state index in [1.807, 2.05) is 61.5 Å². The summed E-state index contributed by atoms with van der Waals surface area (Å²) in [5, 5.41) is 9.59. The Morgan fingerprint density at radius 3 is 2.14 bits per heavy atom. The van der Waals surface area contributed by atoms with Gasteiger partial charge in [-0.25, -0.2) is 9.98 Å². The normalized spacial score (nSPS) is 17.4. The first-order chi connectivity index (χ1) is 28.6. The number of allylic oxidation sites excluding steroid dienone is 5. The number of nitrogens with two attached hydrogens (primary N) is 1. The number of nitrogens with zero attached hydrogens (tertiary/aromatic N) is 3. The Bertz CT molecular complexity index is 2950. The highest BCUT2D eigenvalue weighted by atomic mass is 15.1. The first-order valence-electron chi connectivity index (χ1n) is 19.7. The summed E-state index contributed by atoms with van der Waals surface area (Å²) in [6, 6.07) is 48.2. The molecule has 6 nitrogen and oxygen atoms in total. The fourth-order valence-electron chi connectivity index (χ4n) is 7.90. The third kappa shape index (κ3) is 6.71. The Balaban J connectivity index is 0.896. The van der Waals surface area contributed by atoms with Crippen LogP contribution < -0.4 is 16.4 Å². The predicted octanol–water partition coefficient (Wildman–Crippen LogP) is 11.1. The van der Waals surface area contributed by atoms with E-state index in [4.69, 9.17) is 20.7 Å². The van der Waals surface area contributed by atoms with E-state index in [0.29, 0.717) is 5.69 Å². The molecule has 3 aliphatic rings. The van der Waals surface area contributed by atoms with Crippen LogP contribution >= 0.6 is 0 Å². The molecule has 0 bridgehead atoms. The fourth-order valence-corrected chi connectivity index (χ4v) is 7.90. The molecule has 2 aromatic heterocycles. The number of rotatable bonds is 7. The summed E-state index contributed by atoms with van der Waals surface area (Å²) in [6.07, 6.45) is 17.3. The van der Waals surface area contributed by atoms with Crippen LogP contribution in [0, 0.1) is 0 Å². The highest BCUT2D eigenvalue weighted by molar-refractivity contribution is 6.03. The molecule has 0 saturated carbocycles. The number of aliphatic imine (C=N–C) groups is 1. The summed E-state index contributed by atoms with van der Waals surface area (Å²) in [6.45, 7) is 1.99. The molecule has 10 rings (SSSR count). The van der Waals surface area contributed by atoms with Crippen LogP contribution in [0.5, 0.6) is 0 Å². The maximum Gasteiger partial charge on any atom is 0.134 e. The summed E-state index contributed by atoms with van der Waals surface area (Å²) >= 11 is 0. The van der Waals surface area contributed by atoms with Crippen molar-refractivity contribution in [3.05, 3.63) is 221 Å². The zero-order chi connectivity index (χ0) is 39.0. The van der Waals surface area contributed by atoms with Crippen LogP contribution in [0.3, 0.4) is 0 Å². The molecule has 5 aromatic carbocycles. The zero-order valence-electron chi connectivity index (χ0n) is 32.0. The number of fused-ring (bicyclic) bond motifs is 3. The van der Waals surface area contributed by atoms with Crippen molar-refractivity contribution in [2.45, 2.75) is 19.0 Å². The quantitative estimate of drug-likeness (QED) is 0.141. The van der Waals surface area contributed by atoms with E-state index >= 15 is 0 Å². The van der Waals surface area contributed by atoms with Crippen molar-refractivity contribution >= 4 is 56.4 Å². The number of nitrogens with one attached hydrogen (secondary N) is 2. The van der Waals surface area contributed by atoms with E-state index in [1.54, 1.807) is 0 Å². The lowest BCUT2D eigenvalue weighted by Gasteiger charge is -2.27. The second-order valence-electron chi connectivity index (χ2n) is 14.7. The molecule has 0 saturated heterocycles. The molecule has 0 amide bonds. The van der Waals surface area contributed by atoms with E-state index < -0.39 is 0 Å². The molecule has 0 radical (unpaired) electrons. The number of aromatic nitrogens is 2. The Labute approximate surface area is 337 Å². The van der Waals surface area contributed by atoms with Crippen LogP contribution in [0.15, 0.2) is 193 Å². The molecule has 7 aromatic rings. The summed E-state index contributed by atoms with van der Waals surface area (Å²) in [7, 11) is 0. The topological polar surface area (TPSA) is 88.2 Å². The maximum absolute atomic E-state index is 6.52. The van der Waals surface area contributed by atoms with Gasteiger partial charge in [0.2, 0.25) is 0 Å². The van der Waals surface area contributed by atoms with E-state index in [9.17, 15) is 0 Å². The fraction of sp³-hybridized carbons (Fsp3) is 0.0577. The molecule has 6 heteroatoms. The minimum atomic E-state index is -0.154. The van der Waals surface area contributed by atoms with Crippen molar-refractivity contribution < 1.29 is 0 Å². The van der Waals surface area contributed by atoms with Gasteiger partial charge in [-0.05, 0) is 70.7 Å². The van der Waals surface area contributed by atoms with E-state index in [2.05, 4.69) is 144 Å². The molecular formula is C52H40N6. The van der Waals surface area contributed by atoms with Crippen LogP contribution in [0.25, 0.3) is 56.1 Å². The van der Waals surface area contributed by atoms with Crippen LogP contribution in [0.4, 0.5) is 5.69 Å². The SMILES string of the molecule is C/C=C\c1ccc2ccc(-c3ccc(C4=CC5NC(c6ccc7ccc(C8C=C(c9ccccc9)N=C(c9ccccc9)N8)nc7c6)=CC=C5C=C4)cc3)nc2c1N. The summed E-state index contributed by atoms with van der Waals surface area (Å²) in [4.78, 5) is 15.2. The standard InChI is InChI=1S/C52H40N6/c1-2-9-38-20-21-39-26-28-43(56-51(39)50(38)53)35-16-14-33(15-17-35)41-22-18-36-24-27-44(54-46(36)30-41)42-23-19-37-25-29-45(55-47(37)31-42)49-32-48(34-10-5-3-6-11-34)57-52(58-49)40-12-7-4-8-13-40/h2-32,46,49,54H,53H2,1H3,(H,57,58)/b9-2-. The van der Waals surface area contributed by atoms with Crippen LogP contribution in [0.1, 0.15) is 46.5 Å². The molecule has 4 N–H and O–H groups in total. The predicted molar refractivity (Wildman–Crippen MR) is 241 cm³/mol. The lowest BCUT2D eigenvalue weighted by molar-refractivity contribution is 0.756.